The van der Waals surface area contributed by atoms with Crippen LogP contribution in [-0.4, -0.2) is 22.5 Å². The van der Waals surface area contributed by atoms with E-state index in [1.54, 1.807) is 0 Å². The summed E-state index contributed by atoms with van der Waals surface area (Å²) in [5.41, 5.74) is 0. The van der Waals surface area contributed by atoms with Crippen LogP contribution in [0.15, 0.2) is 6.07 Å². The van der Waals surface area contributed by atoms with Crippen molar-refractivity contribution in [3.05, 3.63) is 23.6 Å². The van der Waals surface area contributed by atoms with E-state index in [4.69, 9.17) is 0 Å². The summed E-state index contributed by atoms with van der Waals surface area (Å²) in [7, 11) is 0. The van der Waals surface area contributed by atoms with Crippen molar-refractivity contribution in [1.29, 1.82) is 0 Å². The number of hydrogen-bond acceptors (Lipinski definition) is 3. The van der Waals surface area contributed by atoms with Gasteiger partial charge in [0.05, 0.1) is 0 Å². The molecular weight excluding hydrogens is 261 g/mol. The van der Waals surface area contributed by atoms with E-state index >= 15 is 0 Å². The Morgan fingerprint density at radius 3 is 2.44 bits per heavy atom. The Hall–Kier alpha value is -0.910. The second kappa shape index (κ2) is 5.82. The monoisotopic (exact) mass is 276 g/mol. The van der Waals surface area contributed by atoms with E-state index in [0.717, 1.165) is 25.7 Å². The Morgan fingerprint density at radius 2 is 1.83 bits per heavy atom. The van der Waals surface area contributed by atoms with Gasteiger partial charge in [-0.05, 0) is 31.9 Å². The zero-order valence-corrected chi connectivity index (χ0v) is 10.9. The van der Waals surface area contributed by atoms with Crippen LogP contribution < -0.4 is 5.32 Å². The van der Waals surface area contributed by atoms with Gasteiger partial charge in [0.25, 0.3) is 5.95 Å². The van der Waals surface area contributed by atoms with E-state index in [9.17, 15) is 13.2 Å². The van der Waals surface area contributed by atoms with Gasteiger partial charge in [0.15, 0.2) is 17.5 Å². The van der Waals surface area contributed by atoms with E-state index in [1.807, 2.05) is 11.8 Å². The zero-order valence-electron chi connectivity index (χ0n) is 10.0. The minimum atomic E-state index is -1.27. The van der Waals surface area contributed by atoms with Gasteiger partial charge in [-0.2, -0.15) is 21.1 Å². The first-order valence-electron chi connectivity index (χ1n) is 5.91. The molecule has 2 rings (SSSR count). The molecule has 0 radical (unpaired) electrons. The number of anilines is 1. The second-order valence-electron chi connectivity index (χ2n) is 4.45. The summed E-state index contributed by atoms with van der Waals surface area (Å²) in [5, 5.41) is 3.50. The van der Waals surface area contributed by atoms with E-state index in [-0.39, 0.29) is 11.9 Å². The van der Waals surface area contributed by atoms with Crippen molar-refractivity contribution in [3.63, 3.8) is 0 Å². The van der Waals surface area contributed by atoms with Crippen molar-refractivity contribution in [2.75, 3.05) is 11.6 Å². The Bertz CT molecular complexity index is 420. The summed E-state index contributed by atoms with van der Waals surface area (Å²) in [6, 6.07) is 0.610. The smallest absolute Gasteiger partial charge is 0.251 e. The van der Waals surface area contributed by atoms with Gasteiger partial charge in [0.1, 0.15) is 0 Å². The highest BCUT2D eigenvalue weighted by Crippen LogP contribution is 2.29. The SMILES string of the molecule is CSC1CCC(Nc2nc(F)c(F)cc2F)CC1. The molecule has 6 heteroatoms. The molecule has 0 bridgehead atoms. The highest BCUT2D eigenvalue weighted by molar-refractivity contribution is 7.99. The number of nitrogens with one attached hydrogen (secondary N) is 1. The van der Waals surface area contributed by atoms with E-state index in [1.165, 1.54) is 0 Å². The van der Waals surface area contributed by atoms with Gasteiger partial charge >= 0.3 is 0 Å². The third-order valence-electron chi connectivity index (χ3n) is 3.24. The molecule has 0 atom stereocenters. The van der Waals surface area contributed by atoms with Gasteiger partial charge in [-0.15, -0.1) is 0 Å². The predicted octanol–water partition coefficient (Wildman–Crippen LogP) is 3.59. The normalized spacial score (nSPS) is 24.0. The average Bonchev–Trinajstić information content (AvgIpc) is 2.37. The number of thioether (sulfide) groups is 1. The highest BCUT2D eigenvalue weighted by Gasteiger charge is 2.22. The first-order valence-corrected chi connectivity index (χ1v) is 7.20. The van der Waals surface area contributed by atoms with E-state index in [2.05, 4.69) is 16.6 Å². The van der Waals surface area contributed by atoms with Gasteiger partial charge in [-0.3, -0.25) is 0 Å². The molecule has 0 aromatic carbocycles. The number of hydrogen-bond donors (Lipinski definition) is 1. The quantitative estimate of drug-likeness (QED) is 0.854. The minimum Gasteiger partial charge on any atom is -0.365 e. The fraction of sp³-hybridized carbons (Fsp3) is 0.583. The zero-order chi connectivity index (χ0) is 13.1. The van der Waals surface area contributed by atoms with Crippen molar-refractivity contribution in [1.82, 2.24) is 4.98 Å². The molecule has 100 valence electrons. The summed E-state index contributed by atoms with van der Waals surface area (Å²) in [6.45, 7) is 0. The van der Waals surface area contributed by atoms with Crippen molar-refractivity contribution in [3.8, 4) is 0 Å². The molecule has 0 amide bonds. The van der Waals surface area contributed by atoms with E-state index in [0.29, 0.717) is 11.3 Å². The maximum atomic E-state index is 13.4. The van der Waals surface area contributed by atoms with Crippen molar-refractivity contribution >= 4 is 17.6 Å². The van der Waals surface area contributed by atoms with Gasteiger partial charge in [-0.25, -0.2) is 8.78 Å². The highest BCUT2D eigenvalue weighted by atomic mass is 32.2. The lowest BCUT2D eigenvalue weighted by Gasteiger charge is -2.28. The minimum absolute atomic E-state index is 0.0836. The van der Waals surface area contributed by atoms with Crippen LogP contribution >= 0.6 is 11.8 Å². The molecule has 1 aromatic rings. The lowest BCUT2D eigenvalue weighted by atomic mass is 9.95. The molecule has 1 fully saturated rings. The standard InChI is InChI=1S/C12H15F3N2S/c1-18-8-4-2-7(3-5-8)16-12-10(14)6-9(13)11(15)17-12/h6-8H,2-5H2,1H3,(H,16,17). The number of halogens is 3. The van der Waals surface area contributed by atoms with Crippen LogP contribution in [0.4, 0.5) is 19.0 Å². The van der Waals surface area contributed by atoms with Crippen LogP contribution in [0.5, 0.6) is 0 Å². The van der Waals surface area contributed by atoms with Gasteiger partial charge in [0.2, 0.25) is 0 Å². The fourth-order valence-corrected chi connectivity index (χ4v) is 2.93. The topological polar surface area (TPSA) is 24.9 Å². The number of aromatic nitrogens is 1. The van der Waals surface area contributed by atoms with Crippen LogP contribution in [0.1, 0.15) is 25.7 Å². The fourth-order valence-electron chi connectivity index (χ4n) is 2.18. The molecule has 2 nitrogen and oxygen atoms in total. The molecule has 0 aliphatic heterocycles. The number of pyridine rings is 1. The summed E-state index contributed by atoms with van der Waals surface area (Å²) >= 11 is 1.83. The van der Waals surface area contributed by atoms with Crippen LogP contribution in [0.25, 0.3) is 0 Å². The maximum absolute atomic E-state index is 13.4. The lowest BCUT2D eigenvalue weighted by Crippen LogP contribution is -2.28. The molecule has 1 N–H and O–H groups in total. The molecule has 1 saturated carbocycles. The van der Waals surface area contributed by atoms with Gasteiger partial charge < -0.3 is 5.32 Å². The number of rotatable bonds is 3. The van der Waals surface area contributed by atoms with Crippen LogP contribution in [-0.2, 0) is 0 Å². The molecule has 0 unspecified atom stereocenters. The summed E-state index contributed by atoms with van der Waals surface area (Å²) in [5.74, 6) is -3.57. The molecule has 0 spiro atoms. The molecule has 1 aromatic heterocycles. The van der Waals surface area contributed by atoms with Crippen LogP contribution in [0, 0.1) is 17.6 Å². The molecular formula is C12H15F3N2S. The van der Waals surface area contributed by atoms with E-state index < -0.39 is 17.6 Å². The van der Waals surface area contributed by atoms with Gasteiger partial charge in [-0.1, -0.05) is 0 Å². The van der Waals surface area contributed by atoms with Crippen molar-refractivity contribution in [2.24, 2.45) is 0 Å². The van der Waals surface area contributed by atoms with Gasteiger partial charge in [0, 0.05) is 17.4 Å². The Kier molecular flexibility index (Phi) is 4.37. The molecule has 18 heavy (non-hydrogen) atoms. The van der Waals surface area contributed by atoms with Crippen molar-refractivity contribution < 1.29 is 13.2 Å². The summed E-state index contributed by atoms with van der Waals surface area (Å²) in [6.07, 6.45) is 5.96. The third kappa shape index (κ3) is 3.10. The first kappa shape index (κ1) is 13.5. The molecule has 1 heterocycles. The largest absolute Gasteiger partial charge is 0.365 e. The van der Waals surface area contributed by atoms with Crippen LogP contribution in [0.2, 0.25) is 0 Å². The maximum Gasteiger partial charge on any atom is 0.251 e. The first-order chi connectivity index (χ1) is 8.60. The lowest BCUT2D eigenvalue weighted by molar-refractivity contribution is 0.452. The molecule has 0 saturated heterocycles. The summed E-state index contributed by atoms with van der Waals surface area (Å²) < 4.78 is 39.1. The Morgan fingerprint density at radius 1 is 1.17 bits per heavy atom. The Labute approximate surface area is 108 Å². The predicted molar refractivity (Wildman–Crippen MR) is 67.3 cm³/mol. The number of nitrogens with zero attached hydrogens (tertiary/aromatic N) is 1. The second-order valence-corrected chi connectivity index (χ2v) is 5.58. The average molecular weight is 276 g/mol. The third-order valence-corrected chi connectivity index (χ3v) is 4.37. The molecule has 1 aliphatic carbocycles. The Balaban J connectivity index is 2.00. The van der Waals surface area contributed by atoms with Crippen LogP contribution in [0.3, 0.4) is 0 Å². The molecule has 1 aliphatic rings. The van der Waals surface area contributed by atoms with Crippen molar-refractivity contribution in [2.45, 2.75) is 37.0 Å². The summed E-state index contributed by atoms with van der Waals surface area (Å²) in [4.78, 5) is 3.27.